The predicted molar refractivity (Wildman–Crippen MR) is 94.0 cm³/mol. The first-order valence-electron chi connectivity index (χ1n) is 8.13. The van der Waals surface area contributed by atoms with Crippen LogP contribution in [0.2, 0.25) is 0 Å². The molecule has 0 fully saturated rings. The number of aryl methyl sites for hydroxylation is 1. The van der Waals surface area contributed by atoms with Crippen LogP contribution in [-0.4, -0.2) is 21.5 Å². The van der Waals surface area contributed by atoms with Gasteiger partial charge in [-0.15, -0.1) is 0 Å². The number of ether oxygens (including phenoxy) is 2. The van der Waals surface area contributed by atoms with Crippen LogP contribution in [0.5, 0.6) is 11.5 Å². The van der Waals surface area contributed by atoms with Crippen LogP contribution in [-0.2, 0) is 7.05 Å². The molecule has 0 spiro atoms. The van der Waals surface area contributed by atoms with E-state index in [1.54, 1.807) is 42.1 Å². The van der Waals surface area contributed by atoms with Crippen molar-refractivity contribution < 1.29 is 18.4 Å². The van der Waals surface area contributed by atoms with Gasteiger partial charge in [-0.05, 0) is 36.4 Å². The van der Waals surface area contributed by atoms with Gasteiger partial charge in [0.25, 0.3) is 5.89 Å². The Kier molecular flexibility index (Phi) is 3.27. The standard InChI is InChI=1S/C19H12FN3O4/c1-23-8-13(17(24)12-7-11(20)3-4-14(12)23)19-21-18(22-27-19)10-2-5-15-16(6-10)26-9-25-15/h2-8H,9H2,1H3. The zero-order valence-electron chi connectivity index (χ0n) is 14.1. The summed E-state index contributed by atoms with van der Waals surface area (Å²) in [6.07, 6.45) is 1.60. The number of nitrogens with zero attached hydrogens (tertiary/aromatic N) is 3. The van der Waals surface area contributed by atoms with E-state index >= 15 is 0 Å². The lowest BCUT2D eigenvalue weighted by molar-refractivity contribution is 0.174. The van der Waals surface area contributed by atoms with E-state index in [-0.39, 0.29) is 29.1 Å². The summed E-state index contributed by atoms with van der Waals surface area (Å²) in [6, 6.07) is 9.34. The average molecular weight is 365 g/mol. The summed E-state index contributed by atoms with van der Waals surface area (Å²) in [4.78, 5) is 17.1. The summed E-state index contributed by atoms with van der Waals surface area (Å²) < 4.78 is 31.2. The number of benzene rings is 2. The Morgan fingerprint density at radius 3 is 2.85 bits per heavy atom. The van der Waals surface area contributed by atoms with Gasteiger partial charge in [0, 0.05) is 24.2 Å². The van der Waals surface area contributed by atoms with Crippen LogP contribution in [0, 0.1) is 5.82 Å². The second-order valence-electron chi connectivity index (χ2n) is 6.14. The highest BCUT2D eigenvalue weighted by atomic mass is 19.1. The molecule has 8 heteroatoms. The minimum absolute atomic E-state index is 0.0643. The average Bonchev–Trinajstić information content (AvgIpc) is 3.33. The molecule has 0 aliphatic carbocycles. The summed E-state index contributed by atoms with van der Waals surface area (Å²) >= 11 is 0. The van der Waals surface area contributed by atoms with E-state index in [9.17, 15) is 9.18 Å². The maximum absolute atomic E-state index is 13.6. The van der Waals surface area contributed by atoms with Crippen LogP contribution in [0.25, 0.3) is 33.7 Å². The molecule has 27 heavy (non-hydrogen) atoms. The highest BCUT2D eigenvalue weighted by molar-refractivity contribution is 5.83. The van der Waals surface area contributed by atoms with E-state index in [4.69, 9.17) is 14.0 Å². The van der Waals surface area contributed by atoms with Gasteiger partial charge in [0.1, 0.15) is 11.4 Å². The number of halogens is 1. The van der Waals surface area contributed by atoms with Gasteiger partial charge < -0.3 is 18.6 Å². The predicted octanol–water partition coefficient (Wildman–Crippen LogP) is 3.12. The van der Waals surface area contributed by atoms with Crippen molar-refractivity contribution in [3.63, 3.8) is 0 Å². The Labute approximate surface area is 151 Å². The van der Waals surface area contributed by atoms with Crippen molar-refractivity contribution in [3.8, 4) is 34.3 Å². The summed E-state index contributed by atoms with van der Waals surface area (Å²) in [7, 11) is 1.76. The highest BCUT2D eigenvalue weighted by Gasteiger charge is 2.19. The van der Waals surface area contributed by atoms with Crippen molar-refractivity contribution in [1.29, 1.82) is 0 Å². The van der Waals surface area contributed by atoms with Crippen LogP contribution < -0.4 is 14.9 Å². The molecule has 1 aliphatic heterocycles. The molecule has 0 saturated heterocycles. The molecule has 0 radical (unpaired) electrons. The van der Waals surface area contributed by atoms with E-state index in [1.807, 2.05) is 0 Å². The van der Waals surface area contributed by atoms with E-state index in [2.05, 4.69) is 10.1 Å². The molecular formula is C19H12FN3O4. The van der Waals surface area contributed by atoms with E-state index in [0.29, 0.717) is 28.4 Å². The van der Waals surface area contributed by atoms with Crippen LogP contribution in [0.3, 0.4) is 0 Å². The molecular weight excluding hydrogens is 353 g/mol. The topological polar surface area (TPSA) is 79.4 Å². The summed E-state index contributed by atoms with van der Waals surface area (Å²) in [5, 5.41) is 4.20. The van der Waals surface area contributed by atoms with Crippen molar-refractivity contribution in [1.82, 2.24) is 14.7 Å². The van der Waals surface area contributed by atoms with Crippen LogP contribution in [0.1, 0.15) is 0 Å². The fourth-order valence-corrected chi connectivity index (χ4v) is 3.10. The zero-order chi connectivity index (χ0) is 18.5. The normalized spacial score (nSPS) is 12.7. The first-order chi connectivity index (χ1) is 13.1. The third-order valence-corrected chi connectivity index (χ3v) is 4.44. The van der Waals surface area contributed by atoms with Gasteiger partial charge in [-0.1, -0.05) is 5.16 Å². The maximum Gasteiger partial charge on any atom is 0.263 e. The van der Waals surface area contributed by atoms with Crippen LogP contribution in [0.15, 0.2) is 51.9 Å². The van der Waals surface area contributed by atoms with Crippen molar-refractivity contribution in [3.05, 3.63) is 58.6 Å². The molecule has 0 unspecified atom stereocenters. The fraction of sp³-hybridized carbons (Fsp3) is 0.105. The molecule has 7 nitrogen and oxygen atoms in total. The Bertz CT molecular complexity index is 1260. The molecule has 0 bridgehead atoms. The van der Waals surface area contributed by atoms with Gasteiger partial charge in [0.15, 0.2) is 11.5 Å². The lowest BCUT2D eigenvalue weighted by Gasteiger charge is -2.06. The molecule has 5 rings (SSSR count). The lowest BCUT2D eigenvalue weighted by Crippen LogP contribution is -2.10. The number of hydrogen-bond acceptors (Lipinski definition) is 6. The minimum atomic E-state index is -0.483. The summed E-state index contributed by atoms with van der Waals surface area (Å²) in [6.45, 7) is 0.167. The number of aromatic nitrogens is 3. The zero-order valence-corrected chi connectivity index (χ0v) is 14.1. The second kappa shape index (κ2) is 5.66. The third-order valence-electron chi connectivity index (χ3n) is 4.44. The van der Waals surface area contributed by atoms with E-state index in [1.165, 1.54) is 12.1 Å². The minimum Gasteiger partial charge on any atom is -0.454 e. The Morgan fingerprint density at radius 1 is 1.11 bits per heavy atom. The number of hydrogen-bond donors (Lipinski definition) is 0. The Morgan fingerprint density at radius 2 is 1.96 bits per heavy atom. The summed E-state index contributed by atoms with van der Waals surface area (Å²) in [5.74, 6) is 1.13. The first kappa shape index (κ1) is 15.6. The molecule has 4 aromatic rings. The lowest BCUT2D eigenvalue weighted by atomic mass is 10.1. The van der Waals surface area contributed by atoms with Crippen molar-refractivity contribution in [2.45, 2.75) is 0 Å². The number of pyridine rings is 1. The maximum atomic E-state index is 13.6. The number of rotatable bonds is 2. The molecule has 0 amide bonds. The molecule has 0 N–H and O–H groups in total. The molecule has 0 saturated carbocycles. The number of fused-ring (bicyclic) bond motifs is 2. The second-order valence-corrected chi connectivity index (χ2v) is 6.14. The van der Waals surface area contributed by atoms with Gasteiger partial charge in [0.05, 0.1) is 5.52 Å². The van der Waals surface area contributed by atoms with E-state index in [0.717, 1.165) is 0 Å². The Balaban J connectivity index is 1.62. The van der Waals surface area contributed by atoms with Crippen molar-refractivity contribution in [2.75, 3.05) is 6.79 Å². The van der Waals surface area contributed by atoms with Crippen LogP contribution >= 0.6 is 0 Å². The van der Waals surface area contributed by atoms with Gasteiger partial charge in [0.2, 0.25) is 18.0 Å². The monoisotopic (exact) mass is 365 g/mol. The van der Waals surface area contributed by atoms with Crippen molar-refractivity contribution >= 4 is 10.9 Å². The third kappa shape index (κ3) is 2.45. The van der Waals surface area contributed by atoms with E-state index < -0.39 is 5.82 Å². The van der Waals surface area contributed by atoms with Gasteiger partial charge in [-0.3, -0.25) is 4.79 Å². The molecule has 2 aromatic carbocycles. The molecule has 3 heterocycles. The van der Waals surface area contributed by atoms with Gasteiger partial charge in [-0.2, -0.15) is 4.98 Å². The largest absolute Gasteiger partial charge is 0.454 e. The highest BCUT2D eigenvalue weighted by Crippen LogP contribution is 2.35. The smallest absolute Gasteiger partial charge is 0.263 e. The molecule has 0 atom stereocenters. The van der Waals surface area contributed by atoms with Gasteiger partial charge in [-0.25, -0.2) is 4.39 Å². The molecule has 2 aromatic heterocycles. The van der Waals surface area contributed by atoms with Crippen molar-refractivity contribution in [2.24, 2.45) is 7.05 Å². The molecule has 134 valence electrons. The quantitative estimate of drug-likeness (QED) is 0.543. The van der Waals surface area contributed by atoms with Crippen LogP contribution in [0.4, 0.5) is 4.39 Å². The molecule has 1 aliphatic rings. The first-order valence-corrected chi connectivity index (χ1v) is 8.13. The van der Waals surface area contributed by atoms with Gasteiger partial charge >= 0.3 is 0 Å². The Hall–Kier alpha value is -3.68. The fourth-order valence-electron chi connectivity index (χ4n) is 3.10. The SMILES string of the molecule is Cn1cc(-c2nc(-c3ccc4c(c3)OCO4)no2)c(=O)c2cc(F)ccc21. The summed E-state index contributed by atoms with van der Waals surface area (Å²) in [5.41, 5.74) is 1.11.